The van der Waals surface area contributed by atoms with Crippen molar-refractivity contribution >= 4 is 10.1 Å². The molecule has 0 atom stereocenters. The molecule has 0 heterocycles. The van der Waals surface area contributed by atoms with Gasteiger partial charge in [0, 0.05) is 0 Å². The van der Waals surface area contributed by atoms with E-state index in [1.165, 1.54) is 0 Å². The van der Waals surface area contributed by atoms with Gasteiger partial charge in [-0.3, -0.25) is 4.18 Å². The van der Waals surface area contributed by atoms with Gasteiger partial charge in [-0.25, -0.2) is 0 Å². The average molecular weight is 218 g/mol. The first-order chi connectivity index (χ1) is 6.29. The van der Waals surface area contributed by atoms with Crippen molar-refractivity contribution < 1.29 is 12.6 Å². The van der Waals surface area contributed by atoms with Crippen molar-refractivity contribution in [2.75, 3.05) is 12.9 Å². The van der Waals surface area contributed by atoms with Crippen LogP contribution in [0.3, 0.4) is 0 Å². The highest BCUT2D eigenvalue weighted by molar-refractivity contribution is 7.85. The van der Waals surface area contributed by atoms with Crippen molar-refractivity contribution in [1.29, 1.82) is 0 Å². The molecule has 82 valence electrons. The fourth-order valence-corrected chi connectivity index (χ4v) is 2.13. The van der Waals surface area contributed by atoms with Gasteiger partial charge in [0.05, 0.1) is 12.9 Å². The standard InChI is InChI=1S/C10H18O3S/c1-10(2)6-4-5-9(7-10)8-13-14(3,11)12/h7H,4-6,8H2,1-3H3. The van der Waals surface area contributed by atoms with Crippen LogP contribution in [0.5, 0.6) is 0 Å². The molecule has 0 aromatic carbocycles. The molecule has 14 heavy (non-hydrogen) atoms. The summed E-state index contributed by atoms with van der Waals surface area (Å²) in [5, 5.41) is 0. The lowest BCUT2D eigenvalue weighted by molar-refractivity contribution is 0.326. The van der Waals surface area contributed by atoms with Crippen molar-refractivity contribution in [2.45, 2.75) is 33.1 Å². The molecule has 0 N–H and O–H groups in total. The Morgan fingerprint density at radius 1 is 1.50 bits per heavy atom. The maximum absolute atomic E-state index is 10.8. The Morgan fingerprint density at radius 3 is 2.64 bits per heavy atom. The maximum Gasteiger partial charge on any atom is 0.264 e. The molecular weight excluding hydrogens is 200 g/mol. The van der Waals surface area contributed by atoms with Gasteiger partial charge in [-0.05, 0) is 30.3 Å². The molecule has 0 bridgehead atoms. The van der Waals surface area contributed by atoms with E-state index in [4.69, 9.17) is 4.18 Å². The van der Waals surface area contributed by atoms with E-state index in [1.54, 1.807) is 0 Å². The third kappa shape index (κ3) is 4.24. The highest BCUT2D eigenvalue weighted by Gasteiger charge is 2.20. The summed E-state index contributed by atoms with van der Waals surface area (Å²) in [6.07, 6.45) is 6.46. The van der Waals surface area contributed by atoms with Gasteiger partial charge in [-0.2, -0.15) is 8.42 Å². The molecule has 0 aromatic rings. The Kier molecular flexibility index (Phi) is 3.37. The maximum atomic E-state index is 10.8. The van der Waals surface area contributed by atoms with Crippen molar-refractivity contribution in [3.8, 4) is 0 Å². The first-order valence-corrected chi connectivity index (χ1v) is 6.65. The van der Waals surface area contributed by atoms with E-state index in [0.29, 0.717) is 0 Å². The van der Waals surface area contributed by atoms with Crippen LogP contribution in [-0.2, 0) is 14.3 Å². The first-order valence-electron chi connectivity index (χ1n) is 4.83. The largest absolute Gasteiger partial charge is 0.266 e. The molecule has 0 aromatic heterocycles. The monoisotopic (exact) mass is 218 g/mol. The highest BCUT2D eigenvalue weighted by atomic mass is 32.2. The van der Waals surface area contributed by atoms with Crippen LogP contribution in [-0.4, -0.2) is 21.3 Å². The summed E-state index contributed by atoms with van der Waals surface area (Å²) >= 11 is 0. The lowest BCUT2D eigenvalue weighted by Gasteiger charge is -2.27. The van der Waals surface area contributed by atoms with E-state index in [1.807, 2.05) is 0 Å². The third-order valence-corrected chi connectivity index (χ3v) is 2.92. The van der Waals surface area contributed by atoms with Gasteiger partial charge < -0.3 is 0 Å². The molecule has 0 unspecified atom stereocenters. The molecule has 0 saturated heterocycles. The van der Waals surface area contributed by atoms with Crippen molar-refractivity contribution in [1.82, 2.24) is 0 Å². The van der Waals surface area contributed by atoms with E-state index in [9.17, 15) is 8.42 Å². The number of hydrogen-bond donors (Lipinski definition) is 0. The van der Waals surface area contributed by atoms with Crippen LogP contribution in [0.4, 0.5) is 0 Å². The second-order valence-electron chi connectivity index (χ2n) is 4.61. The minimum absolute atomic E-state index is 0.189. The smallest absolute Gasteiger partial charge is 0.264 e. The van der Waals surface area contributed by atoms with E-state index in [-0.39, 0.29) is 12.0 Å². The van der Waals surface area contributed by atoms with Crippen molar-refractivity contribution in [3.05, 3.63) is 11.6 Å². The minimum Gasteiger partial charge on any atom is -0.266 e. The number of hydrogen-bond acceptors (Lipinski definition) is 3. The molecule has 1 aliphatic carbocycles. The number of rotatable bonds is 3. The van der Waals surface area contributed by atoms with Crippen LogP contribution < -0.4 is 0 Å². The van der Waals surface area contributed by atoms with Gasteiger partial charge in [0.25, 0.3) is 10.1 Å². The summed E-state index contributed by atoms with van der Waals surface area (Å²) in [6.45, 7) is 4.54. The molecular formula is C10H18O3S. The zero-order chi connectivity index (χ0) is 10.8. The lowest BCUT2D eigenvalue weighted by Crippen LogP contribution is -2.16. The zero-order valence-corrected chi connectivity index (χ0v) is 9.86. The third-order valence-electron chi connectivity index (χ3n) is 2.37. The van der Waals surface area contributed by atoms with Crippen LogP contribution in [0, 0.1) is 5.41 Å². The predicted octanol–water partition coefficient (Wildman–Crippen LogP) is 2.10. The Balaban J connectivity index is 2.57. The summed E-state index contributed by atoms with van der Waals surface area (Å²) < 4.78 is 26.3. The Bertz CT molecular complexity index is 325. The normalized spacial score (nSPS) is 21.8. The van der Waals surface area contributed by atoms with E-state index in [2.05, 4.69) is 19.9 Å². The molecule has 1 rings (SSSR count). The fourth-order valence-electron chi connectivity index (χ4n) is 1.76. The van der Waals surface area contributed by atoms with Gasteiger partial charge in [0.1, 0.15) is 0 Å². The summed E-state index contributed by atoms with van der Waals surface area (Å²) in [5.41, 5.74) is 1.29. The van der Waals surface area contributed by atoms with Gasteiger partial charge in [0.15, 0.2) is 0 Å². The van der Waals surface area contributed by atoms with Crippen LogP contribution in [0.1, 0.15) is 33.1 Å². The van der Waals surface area contributed by atoms with Crippen LogP contribution in [0.25, 0.3) is 0 Å². The van der Waals surface area contributed by atoms with Crippen molar-refractivity contribution in [3.63, 3.8) is 0 Å². The summed E-state index contributed by atoms with van der Waals surface area (Å²) in [7, 11) is -3.30. The van der Waals surface area contributed by atoms with Gasteiger partial charge >= 0.3 is 0 Å². The van der Waals surface area contributed by atoms with Crippen LogP contribution in [0.15, 0.2) is 11.6 Å². The number of allylic oxidation sites excluding steroid dienone is 1. The predicted molar refractivity (Wildman–Crippen MR) is 56.5 cm³/mol. The van der Waals surface area contributed by atoms with Gasteiger partial charge in [-0.1, -0.05) is 19.9 Å². The molecule has 1 aliphatic rings. The molecule has 0 saturated carbocycles. The van der Waals surface area contributed by atoms with E-state index < -0.39 is 10.1 Å². The summed E-state index contributed by atoms with van der Waals surface area (Å²) in [5.74, 6) is 0. The molecule has 0 radical (unpaired) electrons. The second kappa shape index (κ2) is 4.03. The van der Waals surface area contributed by atoms with E-state index in [0.717, 1.165) is 31.1 Å². The quantitative estimate of drug-likeness (QED) is 0.538. The molecule has 0 amide bonds. The Labute approximate surface area is 86.3 Å². The molecule has 0 fully saturated rings. The molecule has 0 spiro atoms. The van der Waals surface area contributed by atoms with Crippen LogP contribution >= 0.6 is 0 Å². The SMILES string of the molecule is CC1(C)C=C(COS(C)(=O)=O)CCC1. The molecule has 3 nitrogen and oxygen atoms in total. The van der Waals surface area contributed by atoms with E-state index >= 15 is 0 Å². The summed E-state index contributed by atoms with van der Waals surface area (Å²) in [4.78, 5) is 0. The zero-order valence-electron chi connectivity index (χ0n) is 9.04. The van der Waals surface area contributed by atoms with Gasteiger partial charge in [-0.15, -0.1) is 0 Å². The van der Waals surface area contributed by atoms with Crippen LogP contribution in [0.2, 0.25) is 0 Å². The van der Waals surface area contributed by atoms with Crippen molar-refractivity contribution in [2.24, 2.45) is 5.41 Å². The lowest BCUT2D eigenvalue weighted by atomic mass is 9.80. The average Bonchev–Trinajstić information content (AvgIpc) is 1.98. The Morgan fingerprint density at radius 2 is 2.14 bits per heavy atom. The molecule has 0 aliphatic heterocycles. The summed E-state index contributed by atoms with van der Waals surface area (Å²) in [6, 6.07) is 0. The highest BCUT2D eigenvalue weighted by Crippen LogP contribution is 2.33. The van der Waals surface area contributed by atoms with Gasteiger partial charge in [0.2, 0.25) is 0 Å². The fraction of sp³-hybridized carbons (Fsp3) is 0.800. The molecule has 4 heteroatoms. The Hall–Kier alpha value is -0.350. The minimum atomic E-state index is -3.30. The second-order valence-corrected chi connectivity index (χ2v) is 6.25. The topological polar surface area (TPSA) is 43.4 Å². The first kappa shape index (κ1) is 11.7.